The molecule has 3 heterocycles. The van der Waals surface area contributed by atoms with Crippen molar-refractivity contribution in [3.05, 3.63) is 41.7 Å². The molecule has 2 aromatic heterocycles. The van der Waals surface area contributed by atoms with E-state index in [1.54, 1.807) is 0 Å². The number of aryl methyl sites for hydroxylation is 2. The van der Waals surface area contributed by atoms with Crippen molar-refractivity contribution in [2.45, 2.75) is 39.5 Å². The highest BCUT2D eigenvalue weighted by molar-refractivity contribution is 5.47. The van der Waals surface area contributed by atoms with E-state index in [0.29, 0.717) is 0 Å². The van der Waals surface area contributed by atoms with Crippen LogP contribution < -0.4 is 4.90 Å². The van der Waals surface area contributed by atoms with Gasteiger partial charge >= 0.3 is 0 Å². The van der Waals surface area contributed by atoms with Gasteiger partial charge in [0.15, 0.2) is 0 Å². The quantitative estimate of drug-likeness (QED) is 0.807. The molecule has 6 nitrogen and oxygen atoms in total. The zero-order valence-electron chi connectivity index (χ0n) is 15.8. The van der Waals surface area contributed by atoms with Gasteiger partial charge in [0.1, 0.15) is 11.9 Å². The molecule has 0 bridgehead atoms. The first-order valence-electron chi connectivity index (χ1n) is 9.06. The summed E-state index contributed by atoms with van der Waals surface area (Å²) in [5.74, 6) is 1.13. The fourth-order valence-electron chi connectivity index (χ4n) is 3.26. The molecular weight excluding hydrogens is 314 g/mol. The summed E-state index contributed by atoms with van der Waals surface area (Å²) >= 11 is 0. The Balaban J connectivity index is 1.72. The standard InChI is InChI=1S/C19H29N5O/c1-5-7-24-8-6-20-19(24)14-23-9-10-25-18(13-23)17-12-16(22(3)4)11-15(2)21-17/h6,8,11-12,18H,5,7,9-10,13-14H2,1-4H3/t18-/m1/s1. The number of imidazole rings is 1. The predicted molar refractivity (Wildman–Crippen MR) is 99.8 cm³/mol. The molecule has 1 atom stereocenters. The number of hydrogen-bond acceptors (Lipinski definition) is 5. The Morgan fingerprint density at radius 2 is 2.16 bits per heavy atom. The van der Waals surface area contributed by atoms with Crippen LogP contribution in [0.4, 0.5) is 5.69 Å². The molecule has 0 amide bonds. The van der Waals surface area contributed by atoms with Crippen molar-refractivity contribution in [1.29, 1.82) is 0 Å². The molecule has 0 aliphatic carbocycles. The lowest BCUT2D eigenvalue weighted by Crippen LogP contribution is -2.38. The van der Waals surface area contributed by atoms with Crippen molar-refractivity contribution in [1.82, 2.24) is 19.4 Å². The molecule has 0 radical (unpaired) electrons. The average molecular weight is 343 g/mol. The van der Waals surface area contributed by atoms with Gasteiger partial charge < -0.3 is 14.2 Å². The summed E-state index contributed by atoms with van der Waals surface area (Å²) in [5.41, 5.74) is 3.22. The minimum absolute atomic E-state index is 0.0157. The van der Waals surface area contributed by atoms with Crippen molar-refractivity contribution in [3.63, 3.8) is 0 Å². The molecule has 1 aliphatic heterocycles. The number of nitrogens with zero attached hydrogens (tertiary/aromatic N) is 5. The number of aromatic nitrogens is 3. The second kappa shape index (κ2) is 7.97. The summed E-state index contributed by atoms with van der Waals surface area (Å²) in [6, 6.07) is 4.24. The van der Waals surface area contributed by atoms with Gasteiger partial charge in [-0.1, -0.05) is 6.92 Å². The van der Waals surface area contributed by atoms with Crippen LogP contribution in [0.25, 0.3) is 0 Å². The number of ether oxygens (including phenoxy) is 1. The molecule has 1 fully saturated rings. The number of pyridine rings is 1. The third-order valence-corrected chi connectivity index (χ3v) is 4.59. The van der Waals surface area contributed by atoms with Gasteiger partial charge in [-0.3, -0.25) is 9.88 Å². The first kappa shape index (κ1) is 17.9. The van der Waals surface area contributed by atoms with Gasteiger partial charge in [-0.15, -0.1) is 0 Å². The van der Waals surface area contributed by atoms with E-state index in [0.717, 1.165) is 56.4 Å². The Kier molecular flexibility index (Phi) is 5.71. The summed E-state index contributed by atoms with van der Waals surface area (Å²) in [5, 5.41) is 0. The van der Waals surface area contributed by atoms with Crippen LogP contribution in [0, 0.1) is 6.92 Å². The SMILES string of the molecule is CCCn1ccnc1CN1CCO[C@@H](c2cc(N(C)C)cc(C)n2)C1. The first-order valence-corrected chi connectivity index (χ1v) is 9.06. The lowest BCUT2D eigenvalue weighted by Gasteiger charge is -2.33. The average Bonchev–Trinajstić information content (AvgIpc) is 3.02. The van der Waals surface area contributed by atoms with Crippen molar-refractivity contribution in [3.8, 4) is 0 Å². The van der Waals surface area contributed by atoms with Crippen molar-refractivity contribution in [2.24, 2.45) is 0 Å². The highest BCUT2D eigenvalue weighted by Crippen LogP contribution is 2.25. The number of hydrogen-bond donors (Lipinski definition) is 0. The van der Waals surface area contributed by atoms with E-state index in [4.69, 9.17) is 9.72 Å². The normalized spacial score (nSPS) is 18.5. The molecule has 0 aromatic carbocycles. The van der Waals surface area contributed by atoms with Gasteiger partial charge in [-0.05, 0) is 25.5 Å². The minimum atomic E-state index is 0.0157. The monoisotopic (exact) mass is 343 g/mol. The van der Waals surface area contributed by atoms with Gasteiger partial charge in [0.25, 0.3) is 0 Å². The van der Waals surface area contributed by atoms with E-state index < -0.39 is 0 Å². The molecule has 3 rings (SSSR count). The molecule has 2 aromatic rings. The highest BCUT2D eigenvalue weighted by atomic mass is 16.5. The van der Waals surface area contributed by atoms with Crippen LogP contribution in [0.15, 0.2) is 24.5 Å². The topological polar surface area (TPSA) is 46.4 Å². The molecule has 0 saturated carbocycles. The van der Waals surface area contributed by atoms with Gasteiger partial charge in [0.05, 0.1) is 18.8 Å². The van der Waals surface area contributed by atoms with Crippen LogP contribution in [0.2, 0.25) is 0 Å². The summed E-state index contributed by atoms with van der Waals surface area (Å²) in [6.45, 7) is 8.63. The molecule has 0 unspecified atom stereocenters. The highest BCUT2D eigenvalue weighted by Gasteiger charge is 2.24. The Morgan fingerprint density at radius 3 is 2.92 bits per heavy atom. The Hall–Kier alpha value is -1.92. The van der Waals surface area contributed by atoms with Crippen molar-refractivity contribution >= 4 is 5.69 Å². The van der Waals surface area contributed by atoms with Crippen LogP contribution in [-0.2, 0) is 17.8 Å². The van der Waals surface area contributed by atoms with Gasteiger partial charge in [0, 0.05) is 57.5 Å². The van der Waals surface area contributed by atoms with E-state index >= 15 is 0 Å². The van der Waals surface area contributed by atoms with Crippen LogP contribution >= 0.6 is 0 Å². The lowest BCUT2D eigenvalue weighted by molar-refractivity contribution is -0.0360. The first-order chi connectivity index (χ1) is 12.1. The van der Waals surface area contributed by atoms with Crippen LogP contribution in [-0.4, -0.2) is 53.2 Å². The Labute approximate surface area is 150 Å². The fourth-order valence-corrected chi connectivity index (χ4v) is 3.26. The molecular formula is C19H29N5O. The summed E-state index contributed by atoms with van der Waals surface area (Å²) in [7, 11) is 4.11. The van der Waals surface area contributed by atoms with E-state index in [1.165, 1.54) is 5.69 Å². The smallest absolute Gasteiger partial charge is 0.122 e. The summed E-state index contributed by atoms with van der Waals surface area (Å²) < 4.78 is 8.28. The molecule has 136 valence electrons. The molecule has 1 saturated heterocycles. The fraction of sp³-hybridized carbons (Fsp3) is 0.579. The van der Waals surface area contributed by atoms with Crippen LogP contribution in [0.1, 0.15) is 36.7 Å². The molecule has 0 N–H and O–H groups in total. The second-order valence-corrected chi connectivity index (χ2v) is 6.92. The number of morpholine rings is 1. The van der Waals surface area contributed by atoms with Gasteiger partial charge in [-0.2, -0.15) is 0 Å². The Morgan fingerprint density at radius 1 is 1.32 bits per heavy atom. The molecule has 25 heavy (non-hydrogen) atoms. The third-order valence-electron chi connectivity index (χ3n) is 4.59. The summed E-state index contributed by atoms with van der Waals surface area (Å²) in [4.78, 5) is 13.8. The Bertz CT molecular complexity index is 697. The van der Waals surface area contributed by atoms with Crippen LogP contribution in [0.3, 0.4) is 0 Å². The largest absolute Gasteiger partial charge is 0.378 e. The van der Waals surface area contributed by atoms with E-state index in [2.05, 4.69) is 58.7 Å². The van der Waals surface area contributed by atoms with Gasteiger partial charge in [-0.25, -0.2) is 4.98 Å². The minimum Gasteiger partial charge on any atom is -0.378 e. The number of anilines is 1. The third kappa shape index (κ3) is 4.38. The zero-order valence-corrected chi connectivity index (χ0v) is 15.8. The second-order valence-electron chi connectivity index (χ2n) is 6.92. The van der Waals surface area contributed by atoms with E-state index in [9.17, 15) is 0 Å². The lowest BCUT2D eigenvalue weighted by atomic mass is 10.1. The van der Waals surface area contributed by atoms with E-state index in [-0.39, 0.29) is 6.10 Å². The van der Waals surface area contributed by atoms with Gasteiger partial charge in [0.2, 0.25) is 0 Å². The maximum absolute atomic E-state index is 6.03. The van der Waals surface area contributed by atoms with Crippen LogP contribution in [0.5, 0.6) is 0 Å². The van der Waals surface area contributed by atoms with E-state index in [1.807, 2.05) is 13.1 Å². The van der Waals surface area contributed by atoms with Crippen molar-refractivity contribution in [2.75, 3.05) is 38.7 Å². The maximum Gasteiger partial charge on any atom is 0.122 e. The zero-order chi connectivity index (χ0) is 17.8. The predicted octanol–water partition coefficient (Wildman–Crippen LogP) is 2.64. The maximum atomic E-state index is 6.03. The summed E-state index contributed by atoms with van der Waals surface area (Å²) in [6.07, 6.45) is 5.11. The van der Waals surface area contributed by atoms with Crippen molar-refractivity contribution < 1.29 is 4.74 Å². The molecule has 0 spiro atoms. The molecule has 1 aliphatic rings. The molecule has 6 heteroatoms. The number of rotatable bonds is 6.